The summed E-state index contributed by atoms with van der Waals surface area (Å²) in [6.07, 6.45) is 0. The number of ether oxygens (including phenoxy) is 1. The number of aromatic amines is 1. The summed E-state index contributed by atoms with van der Waals surface area (Å²) >= 11 is 1.24. The van der Waals surface area contributed by atoms with Crippen molar-refractivity contribution in [2.45, 2.75) is 11.5 Å². The van der Waals surface area contributed by atoms with Gasteiger partial charge in [0.1, 0.15) is 34.4 Å². The minimum Gasteiger partial charge on any atom is -0.457 e. The number of hydrogen-bond acceptors (Lipinski definition) is 7. The topological polar surface area (TPSA) is 118 Å². The van der Waals surface area contributed by atoms with Gasteiger partial charge in [-0.05, 0) is 23.6 Å². The first-order valence-corrected chi connectivity index (χ1v) is 9.59. The zero-order valence-corrected chi connectivity index (χ0v) is 14.7. The first-order chi connectivity index (χ1) is 12.4. The van der Waals surface area contributed by atoms with E-state index in [1.165, 1.54) is 23.5 Å². The number of benzene rings is 1. The van der Waals surface area contributed by atoms with Crippen LogP contribution in [0.15, 0.2) is 45.4 Å². The molecule has 0 aliphatic heterocycles. The fourth-order valence-electron chi connectivity index (χ4n) is 2.08. The molecular formula is C15H12FN3O5S2. The highest BCUT2D eigenvalue weighted by atomic mass is 32.2. The predicted molar refractivity (Wildman–Crippen MR) is 91.6 cm³/mol. The van der Waals surface area contributed by atoms with E-state index < -0.39 is 33.3 Å². The van der Waals surface area contributed by atoms with Gasteiger partial charge in [-0.25, -0.2) is 17.8 Å². The molecule has 2 N–H and O–H groups in total. The molecule has 0 radical (unpaired) electrons. The molecule has 0 saturated carbocycles. The normalized spacial score (nSPS) is 11.6. The van der Waals surface area contributed by atoms with Gasteiger partial charge in [-0.2, -0.15) is 4.72 Å². The minimum absolute atomic E-state index is 0.131. The maximum absolute atomic E-state index is 13.5. The van der Waals surface area contributed by atoms with E-state index in [-0.39, 0.29) is 18.0 Å². The fraction of sp³-hybridized carbons (Fsp3) is 0.133. The number of carbonyl (C=O) groups is 1. The van der Waals surface area contributed by atoms with E-state index >= 15 is 0 Å². The Kier molecular flexibility index (Phi) is 5.11. The molecule has 0 amide bonds. The molecule has 0 unspecified atom stereocenters. The number of fused-ring (bicyclic) bond motifs is 1. The van der Waals surface area contributed by atoms with Crippen molar-refractivity contribution >= 4 is 37.5 Å². The van der Waals surface area contributed by atoms with Gasteiger partial charge in [0.25, 0.3) is 5.56 Å². The van der Waals surface area contributed by atoms with Crippen molar-refractivity contribution in [3.8, 4) is 0 Å². The molecule has 0 atom stereocenters. The SMILES string of the molecule is O=C(CNS(=O)(=O)c1ccccc1F)OCc1nc2ccsc2c(=O)[nH]1. The van der Waals surface area contributed by atoms with Crippen LogP contribution in [0.4, 0.5) is 4.39 Å². The van der Waals surface area contributed by atoms with E-state index in [1.807, 2.05) is 4.72 Å². The summed E-state index contributed by atoms with van der Waals surface area (Å²) in [5.41, 5.74) is 0.126. The van der Waals surface area contributed by atoms with Crippen LogP contribution in [0, 0.1) is 5.82 Å². The van der Waals surface area contributed by atoms with Crippen LogP contribution in [0.2, 0.25) is 0 Å². The predicted octanol–water partition coefficient (Wildman–Crippen LogP) is 1.15. The first kappa shape index (κ1) is 18.2. The highest BCUT2D eigenvalue weighted by Crippen LogP contribution is 2.14. The van der Waals surface area contributed by atoms with Gasteiger partial charge in [0.05, 0.1) is 5.52 Å². The number of halogens is 1. The van der Waals surface area contributed by atoms with Crippen molar-refractivity contribution < 1.29 is 22.3 Å². The van der Waals surface area contributed by atoms with Crippen molar-refractivity contribution in [3.63, 3.8) is 0 Å². The third-order valence-corrected chi connectivity index (χ3v) is 5.60. The van der Waals surface area contributed by atoms with Crippen LogP contribution in [0.25, 0.3) is 10.2 Å². The van der Waals surface area contributed by atoms with E-state index in [9.17, 15) is 22.4 Å². The van der Waals surface area contributed by atoms with E-state index in [0.717, 1.165) is 12.1 Å². The molecule has 0 aliphatic rings. The van der Waals surface area contributed by atoms with E-state index in [1.54, 1.807) is 11.4 Å². The van der Waals surface area contributed by atoms with E-state index in [4.69, 9.17) is 4.74 Å². The molecule has 0 spiro atoms. The van der Waals surface area contributed by atoms with Crippen molar-refractivity contribution in [2.75, 3.05) is 6.54 Å². The van der Waals surface area contributed by atoms with Crippen molar-refractivity contribution in [2.24, 2.45) is 0 Å². The van der Waals surface area contributed by atoms with Crippen LogP contribution in [-0.2, 0) is 26.2 Å². The molecule has 2 aromatic heterocycles. The number of carbonyl (C=O) groups excluding carboxylic acids is 1. The second-order valence-electron chi connectivity index (χ2n) is 5.06. The number of nitrogens with one attached hydrogen (secondary N) is 2. The quantitative estimate of drug-likeness (QED) is 0.603. The lowest BCUT2D eigenvalue weighted by atomic mass is 10.4. The fourth-order valence-corrected chi connectivity index (χ4v) is 3.86. The molecule has 0 fully saturated rings. The molecule has 1 aromatic carbocycles. The summed E-state index contributed by atoms with van der Waals surface area (Å²) in [6, 6.07) is 6.44. The summed E-state index contributed by atoms with van der Waals surface area (Å²) < 4.78 is 44.8. The Morgan fingerprint density at radius 1 is 1.31 bits per heavy atom. The summed E-state index contributed by atoms with van der Waals surface area (Å²) in [6.45, 7) is -1.02. The van der Waals surface area contributed by atoms with Crippen LogP contribution < -0.4 is 10.3 Å². The molecule has 8 nitrogen and oxygen atoms in total. The third kappa shape index (κ3) is 3.95. The molecule has 3 aromatic rings. The Hall–Kier alpha value is -2.63. The number of thiophene rings is 1. The maximum atomic E-state index is 13.5. The van der Waals surface area contributed by atoms with Gasteiger partial charge in [-0.15, -0.1) is 11.3 Å². The Labute approximate surface area is 150 Å². The lowest BCUT2D eigenvalue weighted by Gasteiger charge is -2.08. The summed E-state index contributed by atoms with van der Waals surface area (Å²) in [4.78, 5) is 29.5. The summed E-state index contributed by atoms with van der Waals surface area (Å²) in [5.74, 6) is -1.71. The largest absolute Gasteiger partial charge is 0.457 e. The van der Waals surface area contributed by atoms with Crippen LogP contribution in [-0.4, -0.2) is 30.9 Å². The monoisotopic (exact) mass is 397 g/mol. The van der Waals surface area contributed by atoms with Crippen LogP contribution >= 0.6 is 11.3 Å². The molecule has 11 heteroatoms. The first-order valence-electron chi connectivity index (χ1n) is 7.23. The van der Waals surface area contributed by atoms with Gasteiger partial charge < -0.3 is 9.72 Å². The number of nitrogens with zero attached hydrogens (tertiary/aromatic N) is 1. The van der Waals surface area contributed by atoms with E-state index in [2.05, 4.69) is 9.97 Å². The lowest BCUT2D eigenvalue weighted by molar-refractivity contribution is -0.143. The Bertz CT molecular complexity index is 1120. The summed E-state index contributed by atoms with van der Waals surface area (Å²) in [5, 5.41) is 1.71. The second kappa shape index (κ2) is 7.32. The average Bonchev–Trinajstić information content (AvgIpc) is 3.08. The Morgan fingerprint density at radius 3 is 2.85 bits per heavy atom. The third-order valence-electron chi connectivity index (χ3n) is 3.27. The zero-order valence-electron chi connectivity index (χ0n) is 13.1. The smallest absolute Gasteiger partial charge is 0.321 e. The zero-order chi connectivity index (χ0) is 18.7. The maximum Gasteiger partial charge on any atom is 0.321 e. The van der Waals surface area contributed by atoms with Gasteiger partial charge >= 0.3 is 5.97 Å². The highest BCUT2D eigenvalue weighted by molar-refractivity contribution is 7.89. The number of aromatic nitrogens is 2. The number of rotatable bonds is 6. The minimum atomic E-state index is -4.19. The van der Waals surface area contributed by atoms with Crippen molar-refractivity contribution in [3.05, 3.63) is 57.7 Å². The lowest BCUT2D eigenvalue weighted by Crippen LogP contribution is -2.31. The number of hydrogen-bond donors (Lipinski definition) is 2. The van der Waals surface area contributed by atoms with Gasteiger partial charge in [-0.1, -0.05) is 12.1 Å². The molecule has 0 bridgehead atoms. The van der Waals surface area contributed by atoms with E-state index in [0.29, 0.717) is 10.2 Å². The molecular weight excluding hydrogens is 385 g/mol. The average molecular weight is 397 g/mol. The second-order valence-corrected chi connectivity index (χ2v) is 7.71. The van der Waals surface area contributed by atoms with Crippen LogP contribution in [0.3, 0.4) is 0 Å². The number of esters is 1. The number of H-pyrrole nitrogens is 1. The Morgan fingerprint density at radius 2 is 2.08 bits per heavy atom. The van der Waals surface area contributed by atoms with Gasteiger partial charge in [0.2, 0.25) is 10.0 Å². The van der Waals surface area contributed by atoms with Crippen molar-refractivity contribution in [1.29, 1.82) is 0 Å². The van der Waals surface area contributed by atoms with Crippen LogP contribution in [0.1, 0.15) is 5.82 Å². The number of sulfonamides is 1. The molecule has 136 valence electrons. The van der Waals surface area contributed by atoms with Gasteiger partial charge in [-0.3, -0.25) is 9.59 Å². The molecule has 3 rings (SSSR count). The van der Waals surface area contributed by atoms with Gasteiger partial charge in [0.15, 0.2) is 0 Å². The molecule has 0 aliphatic carbocycles. The molecule has 0 saturated heterocycles. The van der Waals surface area contributed by atoms with Gasteiger partial charge in [0, 0.05) is 0 Å². The molecule has 26 heavy (non-hydrogen) atoms. The van der Waals surface area contributed by atoms with Crippen molar-refractivity contribution in [1.82, 2.24) is 14.7 Å². The van der Waals surface area contributed by atoms with Crippen LogP contribution in [0.5, 0.6) is 0 Å². The Balaban J connectivity index is 1.60. The molecule has 2 heterocycles. The summed E-state index contributed by atoms with van der Waals surface area (Å²) in [7, 11) is -4.19. The highest BCUT2D eigenvalue weighted by Gasteiger charge is 2.20. The standard InChI is InChI=1S/C15H12FN3O5S2/c16-9-3-1-2-4-11(9)26(22,23)17-7-13(20)24-8-12-18-10-5-6-25-14(10)15(21)19-12/h1-6,17H,7-8H2,(H,18,19,21).